The molecular weight excluding hydrogens is 268 g/mol. The quantitative estimate of drug-likeness (QED) is 0.907. The van der Waals surface area contributed by atoms with E-state index in [4.69, 9.17) is 0 Å². The topological polar surface area (TPSA) is 67.2 Å². The van der Waals surface area contributed by atoms with Crippen LogP contribution in [-0.2, 0) is 11.8 Å². The summed E-state index contributed by atoms with van der Waals surface area (Å²) in [7, 11) is 1.80. The zero-order chi connectivity index (χ0) is 15.8. The fourth-order valence-electron chi connectivity index (χ4n) is 2.53. The van der Waals surface area contributed by atoms with Gasteiger partial charge in [0.2, 0.25) is 5.91 Å². The van der Waals surface area contributed by atoms with E-state index in [1.807, 2.05) is 11.8 Å². The van der Waals surface area contributed by atoms with E-state index in [-0.39, 0.29) is 23.3 Å². The molecule has 1 atom stereocenters. The van der Waals surface area contributed by atoms with Gasteiger partial charge in [-0.05, 0) is 18.4 Å². The van der Waals surface area contributed by atoms with Crippen LogP contribution in [-0.4, -0.2) is 45.6 Å². The molecule has 2 amide bonds. The summed E-state index contributed by atoms with van der Waals surface area (Å²) in [5.41, 5.74) is 1.39. The Bertz CT molecular complexity index is 537. The van der Waals surface area contributed by atoms with Crippen molar-refractivity contribution >= 4 is 11.8 Å². The number of hydrogen-bond acceptors (Lipinski definition) is 3. The Balaban J connectivity index is 1.95. The number of nitrogens with zero attached hydrogens (tertiary/aromatic N) is 3. The van der Waals surface area contributed by atoms with E-state index in [0.29, 0.717) is 25.2 Å². The molecule has 1 aromatic heterocycles. The molecule has 0 radical (unpaired) electrons. The molecule has 1 N–H and O–H groups in total. The summed E-state index contributed by atoms with van der Waals surface area (Å²) in [6, 6.07) is 1.62. The second-order valence-corrected chi connectivity index (χ2v) is 7.00. The van der Waals surface area contributed by atoms with Gasteiger partial charge in [0.1, 0.15) is 5.69 Å². The first-order valence-corrected chi connectivity index (χ1v) is 7.25. The molecule has 116 valence electrons. The van der Waals surface area contributed by atoms with Crippen molar-refractivity contribution in [3.05, 3.63) is 17.5 Å². The number of hydrogen-bond donors (Lipinski definition) is 1. The van der Waals surface area contributed by atoms with Crippen LogP contribution >= 0.6 is 0 Å². The Morgan fingerprint density at radius 2 is 2.14 bits per heavy atom. The highest BCUT2D eigenvalue weighted by Crippen LogP contribution is 2.20. The van der Waals surface area contributed by atoms with E-state index in [9.17, 15) is 9.59 Å². The zero-order valence-electron chi connectivity index (χ0n) is 13.4. The van der Waals surface area contributed by atoms with Crippen molar-refractivity contribution in [2.75, 3.05) is 13.1 Å². The second-order valence-electron chi connectivity index (χ2n) is 7.00. The van der Waals surface area contributed by atoms with Crippen molar-refractivity contribution in [1.82, 2.24) is 20.0 Å². The Kier molecular flexibility index (Phi) is 4.07. The number of nitrogens with one attached hydrogen (secondary N) is 1. The molecule has 0 aromatic carbocycles. The first-order valence-electron chi connectivity index (χ1n) is 7.25. The summed E-state index contributed by atoms with van der Waals surface area (Å²) in [6.07, 6.45) is 0.369. The van der Waals surface area contributed by atoms with Crippen LogP contribution in [0.2, 0.25) is 0 Å². The third-order valence-corrected chi connectivity index (χ3v) is 3.56. The van der Waals surface area contributed by atoms with Gasteiger partial charge in [0.25, 0.3) is 5.91 Å². The number of amides is 2. The van der Waals surface area contributed by atoms with Crippen molar-refractivity contribution in [3.63, 3.8) is 0 Å². The van der Waals surface area contributed by atoms with Crippen molar-refractivity contribution in [2.24, 2.45) is 12.5 Å². The molecule has 1 aliphatic heterocycles. The lowest BCUT2D eigenvalue weighted by Gasteiger charge is -2.26. The molecule has 2 rings (SSSR count). The summed E-state index contributed by atoms with van der Waals surface area (Å²) < 4.78 is 1.67. The van der Waals surface area contributed by atoms with Crippen molar-refractivity contribution in [3.8, 4) is 0 Å². The van der Waals surface area contributed by atoms with Gasteiger partial charge in [-0.25, -0.2) is 0 Å². The summed E-state index contributed by atoms with van der Waals surface area (Å²) >= 11 is 0. The van der Waals surface area contributed by atoms with Crippen LogP contribution in [0.15, 0.2) is 6.07 Å². The SMILES string of the molecule is Cc1cc(C(=O)NC2CC(=O)N(CC(C)(C)C)C2)nn1C. The molecule has 0 bridgehead atoms. The molecule has 0 aliphatic carbocycles. The number of carbonyl (C=O) groups is 2. The van der Waals surface area contributed by atoms with Crippen LogP contribution in [0.4, 0.5) is 0 Å². The Morgan fingerprint density at radius 1 is 1.48 bits per heavy atom. The second kappa shape index (κ2) is 5.50. The average molecular weight is 292 g/mol. The summed E-state index contributed by atoms with van der Waals surface area (Å²) in [4.78, 5) is 26.0. The molecule has 0 spiro atoms. The van der Waals surface area contributed by atoms with Gasteiger partial charge in [0.05, 0.1) is 6.04 Å². The largest absolute Gasteiger partial charge is 0.346 e. The average Bonchev–Trinajstić information content (AvgIpc) is 2.82. The Hall–Kier alpha value is -1.85. The molecule has 0 saturated carbocycles. The highest BCUT2D eigenvalue weighted by molar-refractivity contribution is 5.93. The number of aromatic nitrogens is 2. The lowest BCUT2D eigenvalue weighted by Crippen LogP contribution is -2.39. The highest BCUT2D eigenvalue weighted by atomic mass is 16.2. The van der Waals surface area contributed by atoms with Gasteiger partial charge in [-0.1, -0.05) is 20.8 Å². The molecule has 1 aromatic rings. The molecule has 6 nitrogen and oxygen atoms in total. The minimum atomic E-state index is -0.214. The van der Waals surface area contributed by atoms with Crippen molar-refractivity contribution in [1.29, 1.82) is 0 Å². The molecule has 1 unspecified atom stereocenters. The van der Waals surface area contributed by atoms with Gasteiger partial charge in [-0.2, -0.15) is 5.10 Å². The lowest BCUT2D eigenvalue weighted by molar-refractivity contribution is -0.128. The third-order valence-electron chi connectivity index (χ3n) is 3.56. The summed E-state index contributed by atoms with van der Waals surface area (Å²) in [5, 5.41) is 7.06. The third kappa shape index (κ3) is 3.83. The predicted molar refractivity (Wildman–Crippen MR) is 79.9 cm³/mol. The fraction of sp³-hybridized carbons (Fsp3) is 0.667. The maximum atomic E-state index is 12.1. The van der Waals surface area contributed by atoms with Gasteiger partial charge in [0.15, 0.2) is 0 Å². The predicted octanol–water partition coefficient (Wildman–Crippen LogP) is 1.11. The van der Waals surface area contributed by atoms with Crippen LogP contribution in [0.1, 0.15) is 43.4 Å². The van der Waals surface area contributed by atoms with Crippen LogP contribution in [0.3, 0.4) is 0 Å². The van der Waals surface area contributed by atoms with Crippen LogP contribution in [0.25, 0.3) is 0 Å². The highest BCUT2D eigenvalue weighted by Gasteiger charge is 2.33. The Morgan fingerprint density at radius 3 is 2.67 bits per heavy atom. The van der Waals surface area contributed by atoms with Crippen LogP contribution < -0.4 is 5.32 Å². The molecule has 1 saturated heterocycles. The van der Waals surface area contributed by atoms with Gasteiger partial charge < -0.3 is 10.2 Å². The minimum absolute atomic E-state index is 0.0622. The molecule has 1 fully saturated rings. The fourth-order valence-corrected chi connectivity index (χ4v) is 2.53. The van der Waals surface area contributed by atoms with Crippen molar-refractivity contribution < 1.29 is 9.59 Å². The maximum Gasteiger partial charge on any atom is 0.272 e. The van der Waals surface area contributed by atoms with E-state index in [1.54, 1.807) is 17.8 Å². The van der Waals surface area contributed by atoms with E-state index >= 15 is 0 Å². The van der Waals surface area contributed by atoms with Gasteiger partial charge in [0, 0.05) is 32.3 Å². The first kappa shape index (κ1) is 15.5. The van der Waals surface area contributed by atoms with E-state index in [0.717, 1.165) is 5.69 Å². The van der Waals surface area contributed by atoms with E-state index in [1.165, 1.54) is 0 Å². The number of rotatable bonds is 3. The van der Waals surface area contributed by atoms with E-state index in [2.05, 4.69) is 31.2 Å². The van der Waals surface area contributed by atoms with Crippen LogP contribution in [0, 0.1) is 12.3 Å². The van der Waals surface area contributed by atoms with Crippen molar-refractivity contribution in [2.45, 2.75) is 40.2 Å². The van der Waals surface area contributed by atoms with Gasteiger partial charge in [-0.15, -0.1) is 0 Å². The molecule has 21 heavy (non-hydrogen) atoms. The molecule has 2 heterocycles. The van der Waals surface area contributed by atoms with E-state index < -0.39 is 0 Å². The normalized spacial score (nSPS) is 19.2. The summed E-state index contributed by atoms with van der Waals surface area (Å²) in [6.45, 7) is 9.48. The standard InChI is InChI=1S/C15H24N4O2/c1-10-6-12(17-18(10)5)14(21)16-11-7-13(20)19(8-11)9-15(2,3)4/h6,11H,7-9H2,1-5H3,(H,16,21). The van der Waals surface area contributed by atoms with Gasteiger partial charge >= 0.3 is 0 Å². The lowest BCUT2D eigenvalue weighted by atomic mass is 9.96. The molecule has 6 heteroatoms. The molecule has 1 aliphatic rings. The number of carbonyl (C=O) groups excluding carboxylic acids is 2. The Labute approximate surface area is 125 Å². The summed E-state index contributed by atoms with van der Waals surface area (Å²) in [5.74, 6) is -0.110. The first-order chi connectivity index (χ1) is 9.65. The monoisotopic (exact) mass is 292 g/mol. The zero-order valence-corrected chi connectivity index (χ0v) is 13.4. The smallest absolute Gasteiger partial charge is 0.272 e. The maximum absolute atomic E-state index is 12.1. The minimum Gasteiger partial charge on any atom is -0.346 e. The van der Waals surface area contributed by atoms with Gasteiger partial charge in [-0.3, -0.25) is 14.3 Å². The molecular formula is C15H24N4O2. The number of aryl methyl sites for hydroxylation is 2. The number of likely N-dealkylation sites (tertiary alicyclic amines) is 1. The van der Waals surface area contributed by atoms with Crippen LogP contribution in [0.5, 0.6) is 0 Å².